The van der Waals surface area contributed by atoms with E-state index in [2.05, 4.69) is 31.0 Å². The van der Waals surface area contributed by atoms with Gasteiger partial charge in [0.1, 0.15) is 18.0 Å². The van der Waals surface area contributed by atoms with Gasteiger partial charge in [0.15, 0.2) is 5.82 Å². The van der Waals surface area contributed by atoms with Gasteiger partial charge in [-0.15, -0.1) is 0 Å². The Morgan fingerprint density at radius 3 is 2.90 bits per heavy atom. The van der Waals surface area contributed by atoms with Crippen molar-refractivity contribution in [1.29, 1.82) is 5.26 Å². The summed E-state index contributed by atoms with van der Waals surface area (Å²) < 4.78 is 24.8. The Kier molecular flexibility index (Phi) is 6.11. The van der Waals surface area contributed by atoms with Crippen molar-refractivity contribution >= 4 is 16.6 Å². The molecule has 2 aromatic heterocycles. The number of hydrogen-bond acceptors (Lipinski definition) is 8. The highest BCUT2D eigenvalue weighted by Crippen LogP contribution is 2.32. The first-order chi connectivity index (χ1) is 15.0. The van der Waals surface area contributed by atoms with Crippen molar-refractivity contribution in [2.75, 3.05) is 38.2 Å². The number of anilines is 1. The van der Waals surface area contributed by atoms with Crippen molar-refractivity contribution in [3.05, 3.63) is 47.0 Å². The summed E-state index contributed by atoms with van der Waals surface area (Å²) in [4.78, 5) is 13.2. The molecular weight excluding hydrogens is 399 g/mol. The second kappa shape index (κ2) is 8.96. The van der Waals surface area contributed by atoms with E-state index in [-0.39, 0.29) is 11.9 Å². The Hall–Kier alpha value is -3.09. The van der Waals surface area contributed by atoms with Gasteiger partial charge in [-0.25, -0.2) is 4.39 Å². The molecule has 1 aliphatic rings. The summed E-state index contributed by atoms with van der Waals surface area (Å²) in [5.41, 5.74) is 2.70. The van der Waals surface area contributed by atoms with Gasteiger partial charge in [-0.3, -0.25) is 9.88 Å². The molecule has 31 heavy (non-hydrogen) atoms. The molecule has 0 bridgehead atoms. The van der Waals surface area contributed by atoms with Crippen LogP contribution in [0.15, 0.2) is 22.9 Å². The van der Waals surface area contributed by atoms with Crippen molar-refractivity contribution in [2.24, 2.45) is 0 Å². The van der Waals surface area contributed by atoms with Gasteiger partial charge >= 0.3 is 0 Å². The van der Waals surface area contributed by atoms with Crippen molar-refractivity contribution in [1.82, 2.24) is 20.0 Å². The SMILES string of the molecule is COC(C)c1noc(CN2CCCN(c3c(C#N)cnc4c(C)cc(F)cc34)CC2)n1. The van der Waals surface area contributed by atoms with E-state index in [4.69, 9.17) is 9.26 Å². The molecule has 9 heteroatoms. The van der Waals surface area contributed by atoms with Gasteiger partial charge in [0, 0.05) is 44.9 Å². The average molecular weight is 424 g/mol. The number of fused-ring (bicyclic) bond motifs is 1. The van der Waals surface area contributed by atoms with Crippen LogP contribution in [0.4, 0.5) is 10.1 Å². The van der Waals surface area contributed by atoms with E-state index >= 15 is 0 Å². The number of aryl methyl sites for hydroxylation is 1. The normalized spacial score (nSPS) is 16.3. The zero-order chi connectivity index (χ0) is 22.0. The third-order valence-electron chi connectivity index (χ3n) is 5.68. The zero-order valence-electron chi connectivity index (χ0n) is 17.9. The molecule has 8 nitrogen and oxygen atoms in total. The fourth-order valence-electron chi connectivity index (χ4n) is 3.99. The number of nitriles is 1. The van der Waals surface area contributed by atoms with Gasteiger partial charge in [0.2, 0.25) is 5.89 Å². The van der Waals surface area contributed by atoms with Gasteiger partial charge < -0.3 is 14.2 Å². The molecule has 1 aromatic carbocycles. The molecule has 1 fully saturated rings. The van der Waals surface area contributed by atoms with Crippen LogP contribution in [-0.4, -0.2) is 53.3 Å². The average Bonchev–Trinajstić information content (AvgIpc) is 3.10. The summed E-state index contributed by atoms with van der Waals surface area (Å²) in [7, 11) is 1.61. The van der Waals surface area contributed by atoms with Crippen LogP contribution in [0.5, 0.6) is 0 Å². The molecule has 0 spiro atoms. The fraction of sp³-hybridized carbons (Fsp3) is 0.455. The van der Waals surface area contributed by atoms with Crippen molar-refractivity contribution < 1.29 is 13.7 Å². The van der Waals surface area contributed by atoms with E-state index in [1.165, 1.54) is 12.1 Å². The highest BCUT2D eigenvalue weighted by molar-refractivity contribution is 5.96. The van der Waals surface area contributed by atoms with Gasteiger partial charge in [-0.05, 0) is 38.0 Å². The molecule has 162 valence electrons. The third-order valence-corrected chi connectivity index (χ3v) is 5.68. The van der Waals surface area contributed by atoms with Crippen LogP contribution in [0.25, 0.3) is 10.9 Å². The van der Waals surface area contributed by atoms with Crippen molar-refractivity contribution in [3.8, 4) is 6.07 Å². The van der Waals surface area contributed by atoms with E-state index in [1.54, 1.807) is 13.3 Å². The molecular formula is C22H25FN6O2. The lowest BCUT2D eigenvalue weighted by Gasteiger charge is -2.26. The number of methoxy groups -OCH3 is 1. The summed E-state index contributed by atoms with van der Waals surface area (Å²) in [6.45, 7) is 7.31. The number of pyridine rings is 1. The predicted octanol–water partition coefficient (Wildman–Crippen LogP) is 3.36. The molecule has 0 radical (unpaired) electrons. The third kappa shape index (κ3) is 4.36. The Balaban J connectivity index is 1.56. The molecule has 0 amide bonds. The molecule has 0 aliphatic carbocycles. The van der Waals surface area contributed by atoms with Gasteiger partial charge in [0.25, 0.3) is 0 Å². The van der Waals surface area contributed by atoms with E-state index in [0.717, 1.165) is 42.8 Å². The molecule has 0 N–H and O–H groups in total. The standard InChI is InChI=1S/C22H25FN6O2/c1-14-9-17(23)10-18-20(14)25-12-16(11-24)21(18)29-6-4-5-28(7-8-29)13-19-26-22(27-31-19)15(2)30-3/h9-10,12,15H,4-8,13H2,1-3H3. The Bertz CT molecular complexity index is 1130. The first-order valence-corrected chi connectivity index (χ1v) is 10.3. The van der Waals surface area contributed by atoms with Crippen LogP contribution in [0.1, 0.15) is 42.3 Å². The molecule has 1 saturated heterocycles. The fourth-order valence-corrected chi connectivity index (χ4v) is 3.99. The lowest BCUT2D eigenvalue weighted by atomic mass is 10.0. The lowest BCUT2D eigenvalue weighted by molar-refractivity contribution is 0.109. The van der Waals surface area contributed by atoms with Crippen LogP contribution in [-0.2, 0) is 11.3 Å². The van der Waals surface area contributed by atoms with Gasteiger partial charge in [0.05, 0.1) is 23.3 Å². The van der Waals surface area contributed by atoms with E-state index < -0.39 is 0 Å². The van der Waals surface area contributed by atoms with Gasteiger partial charge in [-0.1, -0.05) is 5.16 Å². The minimum Gasteiger partial charge on any atom is -0.374 e. The molecule has 1 aliphatic heterocycles. The number of nitrogens with zero attached hydrogens (tertiary/aromatic N) is 6. The summed E-state index contributed by atoms with van der Waals surface area (Å²) in [6, 6.07) is 5.18. The van der Waals surface area contributed by atoms with Crippen LogP contribution in [0.2, 0.25) is 0 Å². The monoisotopic (exact) mass is 424 g/mol. The molecule has 1 atom stereocenters. The minimum atomic E-state index is -0.322. The lowest BCUT2D eigenvalue weighted by Crippen LogP contribution is -2.31. The van der Waals surface area contributed by atoms with Crippen molar-refractivity contribution in [2.45, 2.75) is 32.9 Å². The molecule has 3 heterocycles. The summed E-state index contributed by atoms with van der Waals surface area (Å²) in [6.07, 6.45) is 2.26. The Labute approximate surface area is 180 Å². The Morgan fingerprint density at radius 1 is 1.29 bits per heavy atom. The highest BCUT2D eigenvalue weighted by atomic mass is 19.1. The maximum atomic E-state index is 14.2. The van der Waals surface area contributed by atoms with Gasteiger partial charge in [-0.2, -0.15) is 10.2 Å². The van der Waals surface area contributed by atoms with Crippen LogP contribution < -0.4 is 4.90 Å². The number of ether oxygens (including phenoxy) is 1. The first-order valence-electron chi connectivity index (χ1n) is 10.3. The quantitative estimate of drug-likeness (QED) is 0.616. The maximum absolute atomic E-state index is 14.2. The molecule has 0 saturated carbocycles. The number of benzene rings is 1. The summed E-state index contributed by atoms with van der Waals surface area (Å²) in [5, 5.41) is 14.3. The van der Waals surface area contributed by atoms with Crippen LogP contribution in [0.3, 0.4) is 0 Å². The number of halogens is 1. The molecule has 4 rings (SSSR count). The smallest absolute Gasteiger partial charge is 0.240 e. The topological polar surface area (TPSA) is 91.3 Å². The Morgan fingerprint density at radius 2 is 2.13 bits per heavy atom. The second-order valence-corrected chi connectivity index (χ2v) is 7.79. The van der Waals surface area contributed by atoms with Crippen LogP contribution >= 0.6 is 0 Å². The summed E-state index contributed by atoms with van der Waals surface area (Å²) >= 11 is 0. The highest BCUT2D eigenvalue weighted by Gasteiger charge is 2.23. The predicted molar refractivity (Wildman–Crippen MR) is 113 cm³/mol. The molecule has 3 aromatic rings. The first kappa shape index (κ1) is 21.2. The summed E-state index contributed by atoms with van der Waals surface area (Å²) in [5.74, 6) is 0.766. The maximum Gasteiger partial charge on any atom is 0.240 e. The minimum absolute atomic E-state index is 0.217. The van der Waals surface area contributed by atoms with E-state index in [9.17, 15) is 9.65 Å². The number of aromatic nitrogens is 3. The molecule has 1 unspecified atom stereocenters. The number of hydrogen-bond donors (Lipinski definition) is 0. The largest absolute Gasteiger partial charge is 0.374 e. The van der Waals surface area contributed by atoms with Crippen molar-refractivity contribution in [3.63, 3.8) is 0 Å². The number of rotatable bonds is 5. The van der Waals surface area contributed by atoms with Crippen LogP contribution in [0, 0.1) is 24.1 Å². The second-order valence-electron chi connectivity index (χ2n) is 7.79. The van der Waals surface area contributed by atoms with E-state index in [1.807, 2.05) is 13.8 Å². The zero-order valence-corrected chi connectivity index (χ0v) is 17.9. The van der Waals surface area contributed by atoms with E-state index in [0.29, 0.717) is 35.8 Å².